The van der Waals surface area contributed by atoms with Crippen LogP contribution in [-0.2, 0) is 5.92 Å². The van der Waals surface area contributed by atoms with Crippen molar-refractivity contribution in [1.82, 2.24) is 9.78 Å². The number of nitrogen functional groups attached to an aromatic ring is 1. The summed E-state index contributed by atoms with van der Waals surface area (Å²) in [4.78, 5) is 14.3. The Morgan fingerprint density at radius 3 is 2.32 bits per heavy atom. The van der Waals surface area contributed by atoms with Gasteiger partial charge in [-0.1, -0.05) is 42.5 Å². The fourth-order valence-electron chi connectivity index (χ4n) is 3.37. The number of aromatic nitrogens is 2. The van der Waals surface area contributed by atoms with Crippen molar-refractivity contribution in [2.45, 2.75) is 18.9 Å². The molecule has 0 saturated carbocycles. The smallest absolute Gasteiger partial charge is 0.298 e. The molecular formula is C20H19ClF2N4O. The molecule has 28 heavy (non-hydrogen) atoms. The molecule has 0 radical (unpaired) electrons. The molecule has 146 valence electrons. The van der Waals surface area contributed by atoms with E-state index in [0.29, 0.717) is 23.6 Å². The molecule has 5 nitrogen and oxygen atoms in total. The summed E-state index contributed by atoms with van der Waals surface area (Å²) in [6.45, 7) is 2.31. The van der Waals surface area contributed by atoms with Gasteiger partial charge >= 0.3 is 0 Å². The van der Waals surface area contributed by atoms with Gasteiger partial charge in [0.05, 0.1) is 17.9 Å². The number of anilines is 2. The number of alkyl halides is 2. The van der Waals surface area contributed by atoms with Crippen LogP contribution in [0.15, 0.2) is 60.8 Å². The number of fused-ring (bicyclic) bond motifs is 1. The average molecular weight is 405 g/mol. The predicted molar refractivity (Wildman–Crippen MR) is 106 cm³/mol. The van der Waals surface area contributed by atoms with E-state index in [2.05, 4.69) is 5.10 Å². The highest BCUT2D eigenvalue weighted by atomic mass is 35.5. The van der Waals surface area contributed by atoms with E-state index in [4.69, 9.17) is 5.73 Å². The van der Waals surface area contributed by atoms with E-state index in [0.717, 1.165) is 0 Å². The predicted octanol–water partition coefficient (Wildman–Crippen LogP) is 4.25. The molecule has 0 unspecified atom stereocenters. The van der Waals surface area contributed by atoms with Gasteiger partial charge in [0.25, 0.3) is 11.8 Å². The molecule has 1 amide bonds. The third-order valence-electron chi connectivity index (χ3n) is 4.81. The molecule has 0 bridgehead atoms. The van der Waals surface area contributed by atoms with Gasteiger partial charge in [-0.2, -0.15) is 13.9 Å². The van der Waals surface area contributed by atoms with E-state index in [1.165, 1.54) is 30.5 Å². The summed E-state index contributed by atoms with van der Waals surface area (Å²) >= 11 is 0. The zero-order valence-corrected chi connectivity index (χ0v) is 15.9. The lowest BCUT2D eigenvalue weighted by atomic mass is 10.00. The van der Waals surface area contributed by atoms with E-state index in [1.807, 2.05) is 6.92 Å². The Morgan fingerprint density at radius 2 is 1.68 bits per heavy atom. The Kier molecular flexibility index (Phi) is 5.12. The lowest BCUT2D eigenvalue weighted by Crippen LogP contribution is -2.42. The van der Waals surface area contributed by atoms with Crippen molar-refractivity contribution in [2.24, 2.45) is 0 Å². The fraction of sp³-hybridized carbons (Fsp3) is 0.200. The van der Waals surface area contributed by atoms with Crippen molar-refractivity contribution >= 4 is 29.7 Å². The van der Waals surface area contributed by atoms with Crippen LogP contribution in [0.2, 0.25) is 0 Å². The molecule has 3 aromatic rings. The van der Waals surface area contributed by atoms with Gasteiger partial charge in [-0.05, 0) is 19.1 Å². The van der Waals surface area contributed by atoms with Crippen LogP contribution in [0, 0.1) is 0 Å². The molecule has 1 aromatic heterocycles. The normalized spacial score (nSPS) is 16.5. The first kappa shape index (κ1) is 19.8. The molecule has 1 atom stereocenters. The Bertz CT molecular complexity index is 989. The highest BCUT2D eigenvalue weighted by Crippen LogP contribution is 2.37. The van der Waals surface area contributed by atoms with Gasteiger partial charge in [0.1, 0.15) is 5.69 Å². The number of benzene rings is 2. The molecule has 2 heterocycles. The number of rotatable bonds is 3. The van der Waals surface area contributed by atoms with Crippen LogP contribution < -0.4 is 10.6 Å². The highest BCUT2D eigenvalue weighted by molar-refractivity contribution is 6.08. The van der Waals surface area contributed by atoms with Gasteiger partial charge in [0, 0.05) is 23.4 Å². The number of carbonyl (C=O) groups is 1. The quantitative estimate of drug-likeness (QED) is 0.709. The van der Waals surface area contributed by atoms with E-state index < -0.39 is 5.92 Å². The molecule has 0 saturated heterocycles. The minimum absolute atomic E-state index is 0. The fourth-order valence-corrected chi connectivity index (χ4v) is 3.37. The first-order valence-electron chi connectivity index (χ1n) is 8.58. The minimum atomic E-state index is -3.11. The second kappa shape index (κ2) is 7.24. The summed E-state index contributed by atoms with van der Waals surface area (Å²) < 4.78 is 31.0. The zero-order valence-electron chi connectivity index (χ0n) is 15.0. The molecule has 0 aliphatic carbocycles. The summed E-state index contributed by atoms with van der Waals surface area (Å²) in [6, 6.07) is 13.4. The van der Waals surface area contributed by atoms with Crippen LogP contribution in [0.4, 0.5) is 20.2 Å². The molecule has 0 fully saturated rings. The van der Waals surface area contributed by atoms with Crippen molar-refractivity contribution < 1.29 is 13.6 Å². The Labute approximate surface area is 167 Å². The van der Waals surface area contributed by atoms with Crippen LogP contribution in [0.3, 0.4) is 0 Å². The van der Waals surface area contributed by atoms with Crippen LogP contribution in [0.1, 0.15) is 34.6 Å². The number of nitrogens with zero attached hydrogens (tertiary/aromatic N) is 3. The maximum absolute atomic E-state index is 14.7. The number of carbonyl (C=O) groups excluding carboxylic acids is 1. The summed E-state index contributed by atoms with van der Waals surface area (Å²) in [5.41, 5.74) is 6.86. The number of hydrogen-bond donors (Lipinski definition) is 1. The summed E-state index contributed by atoms with van der Waals surface area (Å²) in [7, 11) is 0. The van der Waals surface area contributed by atoms with Crippen molar-refractivity contribution in [3.8, 4) is 0 Å². The van der Waals surface area contributed by atoms with E-state index >= 15 is 0 Å². The van der Waals surface area contributed by atoms with Gasteiger partial charge < -0.3 is 10.6 Å². The maximum Gasteiger partial charge on any atom is 0.298 e. The largest absolute Gasteiger partial charge is 0.396 e. The molecule has 2 N–H and O–H groups in total. The van der Waals surface area contributed by atoms with Crippen molar-refractivity contribution in [3.05, 3.63) is 77.6 Å². The van der Waals surface area contributed by atoms with Gasteiger partial charge in [-0.3, -0.25) is 9.48 Å². The molecule has 1 aliphatic rings. The molecule has 2 aromatic carbocycles. The van der Waals surface area contributed by atoms with Gasteiger partial charge in [-0.15, -0.1) is 12.4 Å². The van der Waals surface area contributed by atoms with Crippen LogP contribution in [0.25, 0.3) is 0 Å². The van der Waals surface area contributed by atoms with E-state index in [1.54, 1.807) is 39.9 Å². The van der Waals surface area contributed by atoms with Crippen molar-refractivity contribution in [2.75, 3.05) is 17.2 Å². The first-order chi connectivity index (χ1) is 12.9. The lowest BCUT2D eigenvalue weighted by Gasteiger charge is -2.32. The zero-order chi connectivity index (χ0) is 19.2. The summed E-state index contributed by atoms with van der Waals surface area (Å²) in [6.07, 6.45) is 1.46. The standard InChI is InChI=1S/C20H18F2N4O.ClH/c1-13-12-25(19(27)18-17(23)11-24-26(13)18)16-9-7-15(8-10-16)20(21,22)14-5-3-2-4-6-14;/h2-11,13H,12,23H2,1H3;1H/t13-;/m0./s1. The van der Waals surface area contributed by atoms with E-state index in [9.17, 15) is 13.6 Å². The summed E-state index contributed by atoms with van der Waals surface area (Å²) in [5, 5.41) is 4.14. The average Bonchev–Trinajstić information content (AvgIpc) is 3.08. The second-order valence-corrected chi connectivity index (χ2v) is 6.65. The Balaban J connectivity index is 0.00000225. The molecule has 8 heteroatoms. The number of nitrogens with two attached hydrogens (primary N) is 1. The van der Waals surface area contributed by atoms with Gasteiger partial charge in [0.15, 0.2) is 0 Å². The topological polar surface area (TPSA) is 64.2 Å². The van der Waals surface area contributed by atoms with Crippen molar-refractivity contribution in [1.29, 1.82) is 0 Å². The van der Waals surface area contributed by atoms with Crippen LogP contribution in [-0.4, -0.2) is 22.2 Å². The number of amides is 1. The van der Waals surface area contributed by atoms with Crippen LogP contribution in [0.5, 0.6) is 0 Å². The SMILES string of the molecule is C[C@H]1CN(c2ccc(C(F)(F)c3ccccc3)cc2)C(=O)c2c(N)cnn21.Cl. The first-order valence-corrected chi connectivity index (χ1v) is 8.58. The van der Waals surface area contributed by atoms with Crippen molar-refractivity contribution in [3.63, 3.8) is 0 Å². The Morgan fingerprint density at radius 1 is 1.07 bits per heavy atom. The lowest BCUT2D eigenvalue weighted by molar-refractivity contribution is 0.0428. The maximum atomic E-state index is 14.7. The van der Waals surface area contributed by atoms with Gasteiger partial charge in [0.2, 0.25) is 0 Å². The number of hydrogen-bond acceptors (Lipinski definition) is 3. The van der Waals surface area contributed by atoms with E-state index in [-0.39, 0.29) is 35.5 Å². The highest BCUT2D eigenvalue weighted by Gasteiger charge is 2.35. The molecule has 0 spiro atoms. The second-order valence-electron chi connectivity index (χ2n) is 6.65. The molecule has 1 aliphatic heterocycles. The van der Waals surface area contributed by atoms with Gasteiger partial charge in [-0.25, -0.2) is 0 Å². The molecule has 4 rings (SSSR count). The minimum Gasteiger partial charge on any atom is -0.396 e. The molecular weight excluding hydrogens is 386 g/mol. The number of halogens is 3. The summed E-state index contributed by atoms with van der Waals surface area (Å²) in [5.74, 6) is -3.40. The Hall–Kier alpha value is -2.93. The third-order valence-corrected chi connectivity index (χ3v) is 4.81. The third kappa shape index (κ3) is 3.11. The monoisotopic (exact) mass is 404 g/mol. The van der Waals surface area contributed by atoms with Crippen LogP contribution >= 0.6 is 12.4 Å².